The molecule has 0 aromatic rings. The zero-order valence-electron chi connectivity index (χ0n) is 16.1. The van der Waals surface area contributed by atoms with Crippen molar-refractivity contribution in [1.29, 1.82) is 5.26 Å². The Morgan fingerprint density at radius 2 is 2.07 bits per heavy atom. The molecule has 3 saturated heterocycles. The standard InChI is InChI=1S/C18H27N5O4S/c1-10(2)27-18(26)22-15(24)12-4-6-28-17(12)21-16(25)13-9-23-5-3-11(8-19)7-14(23)20-13/h10-14,17,20H,3-7,9H2,1-2H3,(H,21,25)(H,22,24,26). The van der Waals surface area contributed by atoms with E-state index in [1.807, 2.05) is 0 Å². The Hall–Kier alpha value is -1.83. The molecule has 0 aromatic carbocycles. The van der Waals surface area contributed by atoms with Crippen molar-refractivity contribution in [2.75, 3.05) is 18.8 Å². The Labute approximate surface area is 168 Å². The van der Waals surface area contributed by atoms with Crippen molar-refractivity contribution in [2.24, 2.45) is 11.8 Å². The van der Waals surface area contributed by atoms with Gasteiger partial charge in [-0.3, -0.25) is 25.1 Å². The number of carbonyl (C=O) groups excluding carboxylic acids is 3. The molecule has 3 amide bonds. The van der Waals surface area contributed by atoms with E-state index in [1.165, 1.54) is 11.8 Å². The van der Waals surface area contributed by atoms with E-state index in [4.69, 9.17) is 10.00 Å². The third kappa shape index (κ3) is 4.96. The minimum atomic E-state index is -0.761. The third-order valence-corrected chi connectivity index (χ3v) is 6.58. The lowest BCUT2D eigenvalue weighted by Crippen LogP contribution is -2.50. The van der Waals surface area contributed by atoms with Crippen molar-refractivity contribution in [3.05, 3.63) is 0 Å². The van der Waals surface area contributed by atoms with E-state index >= 15 is 0 Å². The molecule has 3 aliphatic rings. The number of alkyl carbamates (subject to hydrolysis) is 1. The zero-order valence-corrected chi connectivity index (χ0v) is 17.0. The van der Waals surface area contributed by atoms with Crippen LogP contribution < -0.4 is 16.0 Å². The van der Waals surface area contributed by atoms with Crippen molar-refractivity contribution in [3.63, 3.8) is 0 Å². The number of ether oxygens (including phenoxy) is 1. The number of thioether (sulfide) groups is 1. The Balaban J connectivity index is 1.51. The van der Waals surface area contributed by atoms with Crippen molar-refractivity contribution >= 4 is 29.7 Å². The van der Waals surface area contributed by atoms with E-state index in [2.05, 4.69) is 26.9 Å². The number of nitrogens with one attached hydrogen (secondary N) is 3. The molecule has 3 fully saturated rings. The van der Waals surface area contributed by atoms with Crippen LogP contribution in [0.5, 0.6) is 0 Å². The molecule has 0 saturated carbocycles. The van der Waals surface area contributed by atoms with E-state index in [0.717, 1.165) is 25.1 Å². The van der Waals surface area contributed by atoms with Crippen molar-refractivity contribution in [1.82, 2.24) is 20.9 Å². The van der Waals surface area contributed by atoms with E-state index in [0.29, 0.717) is 13.0 Å². The third-order valence-electron chi connectivity index (χ3n) is 5.30. The Morgan fingerprint density at radius 3 is 2.79 bits per heavy atom. The molecule has 0 spiro atoms. The Morgan fingerprint density at radius 1 is 1.29 bits per heavy atom. The van der Waals surface area contributed by atoms with Crippen LogP contribution in [0, 0.1) is 23.2 Å². The highest BCUT2D eigenvalue weighted by Crippen LogP contribution is 2.31. The molecule has 0 aromatic heterocycles. The van der Waals surface area contributed by atoms with Gasteiger partial charge in [-0.2, -0.15) is 5.26 Å². The molecule has 3 heterocycles. The van der Waals surface area contributed by atoms with Crippen LogP contribution >= 0.6 is 11.8 Å². The van der Waals surface area contributed by atoms with Crippen molar-refractivity contribution in [2.45, 2.75) is 56.8 Å². The quantitative estimate of drug-likeness (QED) is 0.609. The molecule has 5 unspecified atom stereocenters. The van der Waals surface area contributed by atoms with Crippen LogP contribution in [0.15, 0.2) is 0 Å². The molecule has 154 valence electrons. The van der Waals surface area contributed by atoms with Gasteiger partial charge < -0.3 is 10.1 Å². The summed E-state index contributed by atoms with van der Waals surface area (Å²) in [5, 5.41) is 17.3. The van der Waals surface area contributed by atoms with Gasteiger partial charge in [0.1, 0.15) is 6.04 Å². The molecule has 3 aliphatic heterocycles. The number of imide groups is 1. The van der Waals surface area contributed by atoms with Gasteiger partial charge in [0.2, 0.25) is 11.8 Å². The fourth-order valence-corrected chi connectivity index (χ4v) is 5.21. The number of hydrogen-bond donors (Lipinski definition) is 3. The number of piperidine rings is 1. The normalized spacial score (nSPS) is 32.4. The van der Waals surface area contributed by atoms with Crippen molar-refractivity contribution < 1.29 is 19.1 Å². The molecule has 0 bridgehead atoms. The van der Waals surface area contributed by atoms with Crippen LogP contribution in [-0.4, -0.2) is 65.3 Å². The van der Waals surface area contributed by atoms with Crippen LogP contribution in [0.2, 0.25) is 0 Å². The summed E-state index contributed by atoms with van der Waals surface area (Å²) in [6, 6.07) is 1.95. The summed E-state index contributed by atoms with van der Waals surface area (Å²) in [6.07, 6.45) is 1.12. The maximum atomic E-state index is 12.7. The van der Waals surface area contributed by atoms with E-state index < -0.39 is 17.9 Å². The van der Waals surface area contributed by atoms with Gasteiger partial charge in [-0.05, 0) is 38.9 Å². The van der Waals surface area contributed by atoms with E-state index in [1.54, 1.807) is 13.8 Å². The first-order valence-corrected chi connectivity index (χ1v) is 10.8. The molecule has 5 atom stereocenters. The highest BCUT2D eigenvalue weighted by Gasteiger charge is 2.41. The number of hydrogen-bond acceptors (Lipinski definition) is 8. The number of nitriles is 1. The molecule has 28 heavy (non-hydrogen) atoms. The predicted octanol–water partition coefficient (Wildman–Crippen LogP) is 0.376. The molecule has 10 heteroatoms. The van der Waals surface area contributed by atoms with Crippen LogP contribution in [-0.2, 0) is 14.3 Å². The molecule has 3 N–H and O–H groups in total. The average Bonchev–Trinajstić information content (AvgIpc) is 3.26. The van der Waals surface area contributed by atoms with Crippen LogP contribution in [0.25, 0.3) is 0 Å². The molecule has 0 radical (unpaired) electrons. The first-order chi connectivity index (χ1) is 13.4. The first-order valence-electron chi connectivity index (χ1n) is 9.70. The minimum absolute atomic E-state index is 0.0274. The average molecular weight is 410 g/mol. The molecule has 3 rings (SSSR count). The van der Waals surface area contributed by atoms with Gasteiger partial charge in [0.05, 0.1) is 35.5 Å². The van der Waals surface area contributed by atoms with Crippen LogP contribution in [0.3, 0.4) is 0 Å². The second-order valence-electron chi connectivity index (χ2n) is 7.72. The van der Waals surface area contributed by atoms with Gasteiger partial charge >= 0.3 is 6.09 Å². The summed E-state index contributed by atoms with van der Waals surface area (Å²) >= 11 is 1.51. The van der Waals surface area contributed by atoms with E-state index in [-0.39, 0.29) is 35.5 Å². The second kappa shape index (κ2) is 9.11. The zero-order chi connectivity index (χ0) is 20.3. The number of carbonyl (C=O) groups is 3. The molecule has 0 aliphatic carbocycles. The first kappa shape index (κ1) is 20.9. The van der Waals surface area contributed by atoms with E-state index in [9.17, 15) is 14.4 Å². The number of nitrogens with zero attached hydrogens (tertiary/aromatic N) is 2. The molecular formula is C18H27N5O4S. The Bertz CT molecular complexity index is 667. The SMILES string of the molecule is CC(C)OC(=O)NC(=O)C1CCSC1NC(=O)C1CN2CCC(C#N)CC2N1. The van der Waals surface area contributed by atoms with Gasteiger partial charge in [0.25, 0.3) is 0 Å². The summed E-state index contributed by atoms with van der Waals surface area (Å²) in [6.45, 7) is 4.82. The smallest absolute Gasteiger partial charge is 0.414 e. The Kier molecular flexibility index (Phi) is 6.80. The summed E-state index contributed by atoms with van der Waals surface area (Å²) in [7, 11) is 0. The van der Waals surface area contributed by atoms with Gasteiger partial charge in [-0.1, -0.05) is 0 Å². The summed E-state index contributed by atoms with van der Waals surface area (Å²) < 4.78 is 4.95. The van der Waals surface area contributed by atoms with Gasteiger partial charge in [-0.25, -0.2) is 4.79 Å². The monoisotopic (exact) mass is 409 g/mol. The lowest BCUT2D eigenvalue weighted by molar-refractivity contribution is -0.126. The van der Waals surface area contributed by atoms with Crippen LogP contribution in [0.1, 0.15) is 33.1 Å². The van der Waals surface area contributed by atoms with Crippen LogP contribution in [0.4, 0.5) is 4.79 Å². The fraction of sp³-hybridized carbons (Fsp3) is 0.778. The number of rotatable bonds is 4. The van der Waals surface area contributed by atoms with Crippen molar-refractivity contribution in [3.8, 4) is 6.07 Å². The number of amides is 3. The largest absolute Gasteiger partial charge is 0.447 e. The molecular weight excluding hydrogens is 382 g/mol. The number of fused-ring (bicyclic) bond motifs is 1. The topological polar surface area (TPSA) is 124 Å². The molecule has 9 nitrogen and oxygen atoms in total. The summed E-state index contributed by atoms with van der Waals surface area (Å²) in [5.41, 5.74) is 0. The predicted molar refractivity (Wildman–Crippen MR) is 103 cm³/mol. The summed E-state index contributed by atoms with van der Waals surface area (Å²) in [4.78, 5) is 39.0. The van der Waals surface area contributed by atoms with Gasteiger partial charge in [0, 0.05) is 13.1 Å². The lowest BCUT2D eigenvalue weighted by atomic mass is 9.97. The lowest BCUT2D eigenvalue weighted by Gasteiger charge is -2.31. The summed E-state index contributed by atoms with van der Waals surface area (Å²) in [5.74, 6) is -0.279. The van der Waals surface area contributed by atoms with Gasteiger partial charge in [0.15, 0.2) is 0 Å². The highest BCUT2D eigenvalue weighted by atomic mass is 32.2. The maximum absolute atomic E-state index is 12.7. The van der Waals surface area contributed by atoms with Gasteiger partial charge in [-0.15, -0.1) is 11.8 Å². The highest BCUT2D eigenvalue weighted by molar-refractivity contribution is 8.00. The second-order valence-corrected chi connectivity index (χ2v) is 8.97. The minimum Gasteiger partial charge on any atom is -0.447 e. The fourth-order valence-electron chi connectivity index (χ4n) is 3.88. The maximum Gasteiger partial charge on any atom is 0.414 e.